The van der Waals surface area contributed by atoms with Gasteiger partial charge in [0, 0.05) is 11.3 Å². The van der Waals surface area contributed by atoms with Gasteiger partial charge in [0.15, 0.2) is 5.82 Å². The second-order valence-corrected chi connectivity index (χ2v) is 6.84. The minimum absolute atomic E-state index is 0.0799. The third-order valence-corrected chi connectivity index (χ3v) is 5.13. The Labute approximate surface area is 147 Å². The summed E-state index contributed by atoms with van der Waals surface area (Å²) >= 11 is 1.56. The number of rotatable bonds is 5. The summed E-state index contributed by atoms with van der Waals surface area (Å²) < 4.78 is 6.80. The lowest BCUT2D eigenvalue weighted by Crippen LogP contribution is -2.20. The molecule has 4 aromatic rings. The summed E-state index contributed by atoms with van der Waals surface area (Å²) in [5, 5.41) is 4.64. The predicted octanol–water partition coefficient (Wildman–Crippen LogP) is 3.04. The Balaban J connectivity index is 1.57. The van der Waals surface area contributed by atoms with Crippen LogP contribution in [-0.4, -0.2) is 19.7 Å². The van der Waals surface area contributed by atoms with Crippen LogP contribution in [0.2, 0.25) is 0 Å². The SMILES string of the molecule is CCc1cc2c(=O)n(Cc3nc(Cc4ccccc4)no3)cnc2s1. The van der Waals surface area contributed by atoms with Gasteiger partial charge < -0.3 is 4.52 Å². The van der Waals surface area contributed by atoms with Crippen LogP contribution in [-0.2, 0) is 19.4 Å². The molecule has 0 spiro atoms. The van der Waals surface area contributed by atoms with Crippen LogP contribution in [0.3, 0.4) is 0 Å². The van der Waals surface area contributed by atoms with Crippen LogP contribution in [0.5, 0.6) is 0 Å². The third-order valence-electron chi connectivity index (χ3n) is 3.94. The van der Waals surface area contributed by atoms with E-state index in [0.29, 0.717) is 23.5 Å². The zero-order valence-electron chi connectivity index (χ0n) is 13.7. The minimum Gasteiger partial charge on any atom is -0.337 e. The van der Waals surface area contributed by atoms with Crippen LogP contribution in [0.4, 0.5) is 0 Å². The summed E-state index contributed by atoms with van der Waals surface area (Å²) in [4.78, 5) is 23.3. The number of thiophene rings is 1. The number of nitrogens with zero attached hydrogens (tertiary/aromatic N) is 4. The van der Waals surface area contributed by atoms with Crippen LogP contribution >= 0.6 is 11.3 Å². The lowest BCUT2D eigenvalue weighted by molar-refractivity contribution is 0.365. The van der Waals surface area contributed by atoms with Crippen LogP contribution in [0, 0.1) is 0 Å². The molecule has 0 bridgehead atoms. The first-order valence-corrected chi connectivity index (χ1v) is 8.88. The Kier molecular flexibility index (Phi) is 4.15. The highest BCUT2D eigenvalue weighted by molar-refractivity contribution is 7.18. The molecule has 1 aromatic carbocycles. The molecule has 3 heterocycles. The molecule has 0 aliphatic rings. The molecule has 6 nitrogen and oxygen atoms in total. The van der Waals surface area contributed by atoms with E-state index in [9.17, 15) is 4.79 Å². The topological polar surface area (TPSA) is 73.8 Å². The highest BCUT2D eigenvalue weighted by atomic mass is 32.1. The van der Waals surface area contributed by atoms with Gasteiger partial charge in [-0.1, -0.05) is 42.4 Å². The number of aryl methyl sites for hydroxylation is 1. The van der Waals surface area contributed by atoms with Crippen molar-refractivity contribution in [2.24, 2.45) is 0 Å². The fourth-order valence-electron chi connectivity index (χ4n) is 2.65. The first-order valence-electron chi connectivity index (χ1n) is 8.06. The Morgan fingerprint density at radius 2 is 2.08 bits per heavy atom. The molecular weight excluding hydrogens is 336 g/mol. The van der Waals surface area contributed by atoms with Gasteiger partial charge in [-0.15, -0.1) is 11.3 Å². The highest BCUT2D eigenvalue weighted by Crippen LogP contribution is 2.21. The van der Waals surface area contributed by atoms with Gasteiger partial charge in [0.1, 0.15) is 11.4 Å². The molecule has 3 aromatic heterocycles. The molecule has 0 unspecified atom stereocenters. The smallest absolute Gasteiger partial charge is 0.262 e. The molecule has 25 heavy (non-hydrogen) atoms. The zero-order valence-corrected chi connectivity index (χ0v) is 14.5. The van der Waals surface area contributed by atoms with E-state index in [-0.39, 0.29) is 12.1 Å². The molecule has 0 saturated carbocycles. The van der Waals surface area contributed by atoms with E-state index in [1.54, 1.807) is 17.7 Å². The first kappa shape index (κ1) is 15.7. The van der Waals surface area contributed by atoms with E-state index in [1.807, 2.05) is 36.4 Å². The number of aromatic nitrogens is 4. The zero-order chi connectivity index (χ0) is 17.2. The standard InChI is InChI=1S/C18H16N4O2S/c1-2-13-9-14-17(25-13)19-11-22(18(14)23)10-16-20-15(21-24-16)8-12-6-4-3-5-7-12/h3-7,9,11H,2,8,10H2,1H3. The Morgan fingerprint density at radius 3 is 2.88 bits per heavy atom. The molecule has 4 rings (SSSR count). The van der Waals surface area contributed by atoms with Gasteiger partial charge in [-0.2, -0.15) is 4.98 Å². The van der Waals surface area contributed by atoms with E-state index < -0.39 is 0 Å². The maximum absolute atomic E-state index is 12.6. The largest absolute Gasteiger partial charge is 0.337 e. The number of hydrogen-bond acceptors (Lipinski definition) is 6. The van der Waals surface area contributed by atoms with E-state index in [1.165, 1.54) is 4.57 Å². The molecule has 0 amide bonds. The van der Waals surface area contributed by atoms with Crippen molar-refractivity contribution in [1.82, 2.24) is 19.7 Å². The predicted molar refractivity (Wildman–Crippen MR) is 95.9 cm³/mol. The number of hydrogen-bond donors (Lipinski definition) is 0. The second kappa shape index (κ2) is 6.60. The van der Waals surface area contributed by atoms with Crippen LogP contribution in [0.25, 0.3) is 10.2 Å². The first-order chi connectivity index (χ1) is 12.2. The Hall–Kier alpha value is -2.80. The summed E-state index contributed by atoms with van der Waals surface area (Å²) in [6.07, 6.45) is 3.04. The van der Waals surface area contributed by atoms with E-state index in [2.05, 4.69) is 22.0 Å². The number of benzene rings is 1. The lowest BCUT2D eigenvalue weighted by atomic mass is 10.1. The summed E-state index contributed by atoms with van der Waals surface area (Å²) in [7, 11) is 0. The molecule has 126 valence electrons. The fraction of sp³-hybridized carbons (Fsp3) is 0.222. The highest BCUT2D eigenvalue weighted by Gasteiger charge is 2.12. The fourth-order valence-corrected chi connectivity index (χ4v) is 3.57. The molecule has 0 atom stereocenters. The maximum atomic E-state index is 12.6. The van der Waals surface area contributed by atoms with Gasteiger partial charge in [-0.25, -0.2) is 4.98 Å². The summed E-state index contributed by atoms with van der Waals surface area (Å²) in [5.74, 6) is 1.01. The van der Waals surface area contributed by atoms with Crippen molar-refractivity contribution < 1.29 is 4.52 Å². The van der Waals surface area contributed by atoms with Crippen molar-refractivity contribution in [3.8, 4) is 0 Å². The minimum atomic E-state index is -0.0799. The van der Waals surface area contributed by atoms with Gasteiger partial charge in [-0.3, -0.25) is 9.36 Å². The Morgan fingerprint density at radius 1 is 1.24 bits per heavy atom. The summed E-state index contributed by atoms with van der Waals surface area (Å²) in [6, 6.07) is 11.9. The van der Waals surface area contributed by atoms with Crippen LogP contribution in [0.1, 0.15) is 29.1 Å². The number of fused-ring (bicyclic) bond motifs is 1. The second-order valence-electron chi connectivity index (χ2n) is 5.73. The lowest BCUT2D eigenvalue weighted by Gasteiger charge is -2.00. The van der Waals surface area contributed by atoms with Crippen molar-refractivity contribution in [2.75, 3.05) is 0 Å². The van der Waals surface area contributed by atoms with Gasteiger partial charge in [0.05, 0.1) is 11.7 Å². The van der Waals surface area contributed by atoms with Gasteiger partial charge >= 0.3 is 0 Å². The van der Waals surface area contributed by atoms with E-state index in [0.717, 1.165) is 21.7 Å². The van der Waals surface area contributed by atoms with Crippen LogP contribution in [0.15, 0.2) is 52.0 Å². The van der Waals surface area contributed by atoms with Gasteiger partial charge in [0.25, 0.3) is 5.56 Å². The normalized spacial score (nSPS) is 11.2. The molecule has 7 heteroatoms. The molecule has 0 saturated heterocycles. The average molecular weight is 352 g/mol. The summed E-state index contributed by atoms with van der Waals surface area (Å²) in [6.45, 7) is 2.29. The van der Waals surface area contributed by atoms with Gasteiger partial charge in [0.2, 0.25) is 5.89 Å². The molecule has 0 aliphatic heterocycles. The molecule has 0 N–H and O–H groups in total. The monoisotopic (exact) mass is 352 g/mol. The quantitative estimate of drug-likeness (QED) is 0.552. The van der Waals surface area contributed by atoms with Crippen molar-refractivity contribution in [2.45, 2.75) is 26.3 Å². The van der Waals surface area contributed by atoms with Crippen molar-refractivity contribution in [3.05, 3.63) is 75.2 Å². The summed E-state index contributed by atoms with van der Waals surface area (Å²) in [5.41, 5.74) is 1.03. The Bertz CT molecular complexity index is 1070. The van der Waals surface area contributed by atoms with E-state index in [4.69, 9.17) is 4.52 Å². The van der Waals surface area contributed by atoms with Crippen molar-refractivity contribution in [1.29, 1.82) is 0 Å². The molecular formula is C18H16N4O2S. The van der Waals surface area contributed by atoms with Gasteiger partial charge in [-0.05, 0) is 18.1 Å². The van der Waals surface area contributed by atoms with E-state index >= 15 is 0 Å². The van der Waals surface area contributed by atoms with Crippen LogP contribution < -0.4 is 5.56 Å². The molecule has 0 aliphatic carbocycles. The average Bonchev–Trinajstić information content (AvgIpc) is 3.25. The third kappa shape index (κ3) is 3.23. The van der Waals surface area contributed by atoms with Crippen molar-refractivity contribution >= 4 is 21.6 Å². The maximum Gasteiger partial charge on any atom is 0.262 e. The molecule has 0 radical (unpaired) electrons. The van der Waals surface area contributed by atoms with Crippen molar-refractivity contribution in [3.63, 3.8) is 0 Å². The molecule has 0 fully saturated rings.